The van der Waals surface area contributed by atoms with Crippen molar-refractivity contribution < 1.29 is 19.1 Å². The van der Waals surface area contributed by atoms with Gasteiger partial charge in [0.2, 0.25) is 6.29 Å². The summed E-state index contributed by atoms with van der Waals surface area (Å²) in [5, 5.41) is 3.23. The molecule has 0 fully saturated rings. The first-order valence-electron chi connectivity index (χ1n) is 7.33. The zero-order chi connectivity index (χ0) is 17.6. The summed E-state index contributed by atoms with van der Waals surface area (Å²) in [6, 6.07) is 7.23. The van der Waals surface area contributed by atoms with Crippen molar-refractivity contribution in [2.45, 2.75) is 39.9 Å². The number of rotatable bonds is 5. The van der Waals surface area contributed by atoms with Gasteiger partial charge in [0.25, 0.3) is 0 Å². The monoisotopic (exact) mass is 340 g/mol. The van der Waals surface area contributed by atoms with Gasteiger partial charge in [-0.3, -0.25) is 4.79 Å². The zero-order valence-corrected chi connectivity index (χ0v) is 14.6. The van der Waals surface area contributed by atoms with Crippen molar-refractivity contribution >= 4 is 23.7 Å². The minimum absolute atomic E-state index is 0.146. The minimum atomic E-state index is -0.958. The molecule has 5 nitrogen and oxygen atoms in total. The van der Waals surface area contributed by atoms with Gasteiger partial charge >= 0.3 is 12.1 Å². The molecule has 2 atom stereocenters. The number of benzene rings is 1. The summed E-state index contributed by atoms with van der Waals surface area (Å²) >= 11 is 5.82. The molecule has 0 bridgehead atoms. The molecule has 0 heterocycles. The topological polar surface area (TPSA) is 64.6 Å². The Labute approximate surface area is 142 Å². The number of amides is 1. The second-order valence-electron chi connectivity index (χ2n) is 6.26. The van der Waals surface area contributed by atoms with Crippen LogP contribution in [-0.2, 0) is 14.3 Å². The SMILES string of the molecule is [CH2][C@@H](CNC(=O)OC(C)OC(=O)C(C)(C)C)c1ccc(Cl)cc1. The number of esters is 1. The first kappa shape index (κ1) is 19.3. The lowest BCUT2D eigenvalue weighted by Gasteiger charge is -2.21. The largest absolute Gasteiger partial charge is 0.425 e. The van der Waals surface area contributed by atoms with E-state index >= 15 is 0 Å². The van der Waals surface area contributed by atoms with Crippen LogP contribution in [0.1, 0.15) is 39.2 Å². The predicted molar refractivity (Wildman–Crippen MR) is 89.0 cm³/mol. The maximum atomic E-state index is 11.7. The van der Waals surface area contributed by atoms with E-state index in [0.717, 1.165) is 5.56 Å². The third kappa shape index (κ3) is 6.91. The summed E-state index contributed by atoms with van der Waals surface area (Å²) in [5.41, 5.74) is 0.295. The molecule has 1 aromatic rings. The normalized spacial score (nSPS) is 13.8. The molecule has 0 aliphatic heterocycles. The van der Waals surface area contributed by atoms with Crippen LogP contribution < -0.4 is 5.32 Å². The number of alkyl carbamates (subject to hydrolysis) is 1. The maximum absolute atomic E-state index is 11.7. The zero-order valence-electron chi connectivity index (χ0n) is 13.9. The molecular weight excluding hydrogens is 318 g/mol. The van der Waals surface area contributed by atoms with Gasteiger partial charge in [-0.25, -0.2) is 4.79 Å². The van der Waals surface area contributed by atoms with Gasteiger partial charge in [-0.05, 0) is 45.4 Å². The Balaban J connectivity index is 2.39. The molecule has 6 heteroatoms. The Morgan fingerprint density at radius 1 is 1.22 bits per heavy atom. The van der Waals surface area contributed by atoms with Gasteiger partial charge in [0, 0.05) is 24.4 Å². The second kappa shape index (κ2) is 8.20. The molecule has 0 saturated heterocycles. The summed E-state index contributed by atoms with van der Waals surface area (Å²) in [6.45, 7) is 10.9. The lowest BCUT2D eigenvalue weighted by atomic mass is 9.97. The second-order valence-corrected chi connectivity index (χ2v) is 6.69. The third-order valence-corrected chi connectivity index (χ3v) is 3.24. The van der Waals surface area contributed by atoms with Crippen molar-refractivity contribution in [2.75, 3.05) is 6.54 Å². The first-order valence-corrected chi connectivity index (χ1v) is 7.71. The molecule has 1 rings (SSSR count). The van der Waals surface area contributed by atoms with E-state index in [1.54, 1.807) is 32.9 Å². The van der Waals surface area contributed by atoms with Crippen LogP contribution in [0.2, 0.25) is 5.02 Å². The number of hydrogen-bond acceptors (Lipinski definition) is 4. The molecule has 1 unspecified atom stereocenters. The number of halogens is 1. The van der Waals surface area contributed by atoms with Crippen molar-refractivity contribution in [2.24, 2.45) is 5.41 Å². The Morgan fingerprint density at radius 3 is 2.30 bits per heavy atom. The van der Waals surface area contributed by atoms with Crippen LogP contribution in [0.15, 0.2) is 24.3 Å². The molecule has 0 aromatic heterocycles. The molecule has 1 radical (unpaired) electrons. The van der Waals surface area contributed by atoms with Gasteiger partial charge in [0.1, 0.15) is 0 Å². The van der Waals surface area contributed by atoms with Crippen molar-refractivity contribution in [3.8, 4) is 0 Å². The number of ether oxygens (including phenoxy) is 2. The average molecular weight is 341 g/mol. The van der Waals surface area contributed by atoms with E-state index in [-0.39, 0.29) is 5.92 Å². The molecule has 1 N–H and O–H groups in total. The lowest BCUT2D eigenvalue weighted by Crippen LogP contribution is -2.34. The highest BCUT2D eigenvalue weighted by Gasteiger charge is 2.26. The van der Waals surface area contributed by atoms with Crippen molar-refractivity contribution in [3.05, 3.63) is 41.8 Å². The number of carbonyl (C=O) groups is 2. The van der Waals surface area contributed by atoms with Crippen molar-refractivity contribution in [1.82, 2.24) is 5.32 Å². The van der Waals surface area contributed by atoms with Gasteiger partial charge in [0.15, 0.2) is 0 Å². The fourth-order valence-corrected chi connectivity index (χ4v) is 1.73. The van der Waals surface area contributed by atoms with E-state index in [9.17, 15) is 9.59 Å². The van der Waals surface area contributed by atoms with Gasteiger partial charge in [-0.2, -0.15) is 0 Å². The average Bonchev–Trinajstić information content (AvgIpc) is 2.44. The van der Waals surface area contributed by atoms with Crippen LogP contribution in [0.3, 0.4) is 0 Å². The van der Waals surface area contributed by atoms with Crippen LogP contribution in [-0.4, -0.2) is 24.9 Å². The van der Waals surface area contributed by atoms with Crippen LogP contribution in [0.4, 0.5) is 4.79 Å². The quantitative estimate of drug-likeness (QED) is 0.651. The van der Waals surface area contributed by atoms with E-state index in [4.69, 9.17) is 21.1 Å². The first-order chi connectivity index (χ1) is 10.6. The molecule has 0 saturated carbocycles. The minimum Gasteiger partial charge on any atom is -0.425 e. The van der Waals surface area contributed by atoms with Crippen molar-refractivity contribution in [3.63, 3.8) is 0 Å². The van der Waals surface area contributed by atoms with Crippen LogP contribution in [0, 0.1) is 12.3 Å². The molecule has 0 aliphatic carbocycles. The van der Waals surface area contributed by atoms with E-state index in [1.807, 2.05) is 12.1 Å². The molecular formula is C17H23ClNO4. The highest BCUT2D eigenvalue weighted by atomic mass is 35.5. The number of nitrogens with one attached hydrogen (secondary N) is 1. The summed E-state index contributed by atoms with van der Waals surface area (Å²) < 4.78 is 10.0. The summed E-state index contributed by atoms with van der Waals surface area (Å²) in [7, 11) is 0. The third-order valence-electron chi connectivity index (χ3n) is 2.99. The summed E-state index contributed by atoms with van der Waals surface area (Å²) in [4.78, 5) is 23.4. The highest BCUT2D eigenvalue weighted by Crippen LogP contribution is 2.18. The maximum Gasteiger partial charge on any atom is 0.410 e. The van der Waals surface area contributed by atoms with E-state index in [0.29, 0.717) is 11.6 Å². The Bertz CT molecular complexity index is 537. The predicted octanol–water partition coefficient (Wildman–Crippen LogP) is 3.92. The van der Waals surface area contributed by atoms with Crippen LogP contribution in [0.5, 0.6) is 0 Å². The van der Waals surface area contributed by atoms with Crippen LogP contribution >= 0.6 is 11.6 Å². The van der Waals surface area contributed by atoms with E-state index < -0.39 is 23.8 Å². The van der Waals surface area contributed by atoms with Gasteiger partial charge < -0.3 is 14.8 Å². The van der Waals surface area contributed by atoms with Gasteiger partial charge in [0.05, 0.1) is 5.41 Å². The molecule has 127 valence electrons. The Kier molecular flexibility index (Phi) is 6.88. The van der Waals surface area contributed by atoms with Crippen molar-refractivity contribution in [1.29, 1.82) is 0 Å². The van der Waals surface area contributed by atoms with E-state index in [2.05, 4.69) is 12.2 Å². The Morgan fingerprint density at radius 2 is 1.78 bits per heavy atom. The highest BCUT2D eigenvalue weighted by molar-refractivity contribution is 6.30. The standard InChI is InChI=1S/C17H23ClNO4/c1-11(13-6-8-14(18)9-7-13)10-19-16(21)23-12(2)22-15(20)17(3,4)5/h6-9,11-12H,1,10H2,2-5H3,(H,19,21)/t11-,12?/m0/s1. The number of carbonyl (C=O) groups excluding carboxylic acids is 2. The van der Waals surface area contributed by atoms with Gasteiger partial charge in [-0.1, -0.05) is 23.7 Å². The van der Waals surface area contributed by atoms with Gasteiger partial charge in [-0.15, -0.1) is 0 Å². The lowest BCUT2D eigenvalue weighted by molar-refractivity contribution is -0.174. The summed E-state index contributed by atoms with van der Waals surface area (Å²) in [5.74, 6) is -0.582. The summed E-state index contributed by atoms with van der Waals surface area (Å²) in [6.07, 6.45) is -1.62. The fraction of sp³-hybridized carbons (Fsp3) is 0.471. The number of hydrogen-bond donors (Lipinski definition) is 1. The molecule has 0 aliphatic rings. The molecule has 1 amide bonds. The molecule has 1 aromatic carbocycles. The molecule has 0 spiro atoms. The van der Waals surface area contributed by atoms with Crippen LogP contribution in [0.25, 0.3) is 0 Å². The Hall–Kier alpha value is -1.75. The smallest absolute Gasteiger partial charge is 0.410 e. The molecule has 23 heavy (non-hydrogen) atoms. The van der Waals surface area contributed by atoms with E-state index in [1.165, 1.54) is 6.92 Å². The fourth-order valence-electron chi connectivity index (χ4n) is 1.60.